The Morgan fingerprint density at radius 1 is 1.25 bits per heavy atom. The molecular formula is H4AlBeMgSi. The Morgan fingerprint density at radius 2 is 1.25 bits per heavy atom. The van der Waals surface area contributed by atoms with E-state index in [0.29, 0.717) is 0 Å². The Balaban J connectivity index is 0. The van der Waals surface area contributed by atoms with Gasteiger partial charge in [0.2, 0.25) is 0 Å². The first-order chi connectivity index (χ1) is 0. The van der Waals surface area contributed by atoms with E-state index in [9.17, 15) is 0 Å². The zero-order valence-corrected chi connectivity index (χ0v) is 6.06. The van der Waals surface area contributed by atoms with E-state index in [1.54, 1.807) is 0 Å². The molecule has 0 spiro atoms. The molecule has 0 aromatic rings. The molecule has 0 aliphatic carbocycles. The summed E-state index contributed by atoms with van der Waals surface area (Å²) in [6.07, 6.45) is 0. The van der Waals surface area contributed by atoms with E-state index in [-0.39, 0.29) is 67.2 Å². The monoisotopic (exact) mass is 92.0 g/mol. The van der Waals surface area contributed by atoms with E-state index in [4.69, 9.17) is 0 Å². The minimum Gasteiger partial charge on any atom is -1.00 e. The summed E-state index contributed by atoms with van der Waals surface area (Å²) in [6.45, 7) is 0. The summed E-state index contributed by atoms with van der Waals surface area (Å²) in [5.41, 5.74) is 0. The van der Waals surface area contributed by atoms with Crippen LogP contribution in [-0.4, -0.2) is 61.5 Å². The smallest absolute Gasteiger partial charge is 1.00 e. The van der Waals surface area contributed by atoms with Crippen LogP contribution in [0.5, 0.6) is 0 Å². The minimum absolute atomic E-state index is 0. The minimum atomic E-state index is 0. The number of hydrogen-bond acceptors (Lipinski definition) is 0. The largest absolute Gasteiger partial charge is 2.00 e. The summed E-state index contributed by atoms with van der Waals surface area (Å²) in [4.78, 5) is 0. The molecule has 0 heterocycles. The van der Waals surface area contributed by atoms with Crippen LogP contribution in [-0.2, 0) is 0 Å². The van der Waals surface area contributed by atoms with Crippen LogP contribution in [0, 0.1) is 0 Å². The fraction of sp³-hybridized carbons (Fsp3) is 0. The van der Waals surface area contributed by atoms with Crippen LogP contribution in [0.2, 0.25) is 0 Å². The van der Waals surface area contributed by atoms with Crippen LogP contribution in [0.25, 0.3) is 0 Å². The summed E-state index contributed by atoms with van der Waals surface area (Å²) in [5.74, 6) is 0. The molecule has 0 N–H and O–H groups in total. The second kappa shape index (κ2) is 22.4. The van der Waals surface area contributed by atoms with E-state index in [1.165, 1.54) is 0 Å². The van der Waals surface area contributed by atoms with Gasteiger partial charge in [-0.2, -0.15) is 0 Å². The molecule has 0 aromatic carbocycles. The van der Waals surface area contributed by atoms with Gasteiger partial charge in [0, 0.05) is 28.3 Å². The molecule has 0 saturated heterocycles. The van der Waals surface area contributed by atoms with Gasteiger partial charge in [0.1, 0.15) is 0 Å². The van der Waals surface area contributed by atoms with Crippen molar-refractivity contribution in [1.29, 1.82) is 0 Å². The Morgan fingerprint density at radius 3 is 1.25 bits per heavy atom. The standard InChI is InChI=1S/Al.Be.Mg.Si.4H/q;2*+2;;4*-1. The molecule has 0 rings (SSSR count). The van der Waals surface area contributed by atoms with Crippen LogP contribution in [0.1, 0.15) is 5.71 Å². The maximum Gasteiger partial charge on any atom is 2.00 e. The predicted octanol–water partition coefficient (Wildman–Crippen LogP) is -1.07. The third-order valence-corrected chi connectivity index (χ3v) is 0. The second-order valence-corrected chi connectivity index (χ2v) is 0. The van der Waals surface area contributed by atoms with Gasteiger partial charge in [-0.1, -0.05) is 0 Å². The molecule has 7 radical (unpaired) electrons. The van der Waals surface area contributed by atoms with Gasteiger partial charge < -0.3 is 5.71 Å². The third-order valence-electron chi connectivity index (χ3n) is 0. The Kier molecular flexibility index (Phi) is 246. The molecule has 0 nitrogen and oxygen atoms in total. The quantitative estimate of drug-likeness (QED) is 0.334. The van der Waals surface area contributed by atoms with E-state index < -0.39 is 0 Å². The van der Waals surface area contributed by atoms with Crippen molar-refractivity contribution in [3.63, 3.8) is 0 Å². The zero-order valence-electron chi connectivity index (χ0n) is 6.49. The van der Waals surface area contributed by atoms with E-state index in [2.05, 4.69) is 0 Å². The van der Waals surface area contributed by atoms with Gasteiger partial charge in [-0.3, -0.25) is 0 Å². The van der Waals surface area contributed by atoms with Crippen molar-refractivity contribution in [2.45, 2.75) is 0 Å². The molecule has 0 fully saturated rings. The molecule has 0 bridgehead atoms. The van der Waals surface area contributed by atoms with Gasteiger partial charge in [-0.15, -0.1) is 0 Å². The van der Waals surface area contributed by atoms with Gasteiger partial charge in [0.05, 0.1) is 0 Å². The molecule has 0 aliphatic heterocycles. The van der Waals surface area contributed by atoms with E-state index in [1.807, 2.05) is 0 Å². The van der Waals surface area contributed by atoms with Gasteiger partial charge in [0.15, 0.2) is 0 Å². The third kappa shape index (κ3) is 9.36. The molecule has 0 atom stereocenters. The van der Waals surface area contributed by atoms with Gasteiger partial charge >= 0.3 is 33.2 Å². The summed E-state index contributed by atoms with van der Waals surface area (Å²) < 4.78 is 0. The first kappa shape index (κ1) is 44.0. The fourth-order valence-electron chi connectivity index (χ4n) is 0. The number of hydrogen-bond donors (Lipinski definition) is 0. The van der Waals surface area contributed by atoms with Crippen LogP contribution < -0.4 is 0 Å². The average molecular weight is 92.4 g/mol. The van der Waals surface area contributed by atoms with Crippen molar-refractivity contribution in [3.8, 4) is 0 Å². The first-order valence-electron chi connectivity index (χ1n) is 0. The predicted molar refractivity (Wildman–Crippen MR) is 27.5 cm³/mol. The van der Waals surface area contributed by atoms with Crippen molar-refractivity contribution in [2.75, 3.05) is 0 Å². The van der Waals surface area contributed by atoms with Crippen molar-refractivity contribution in [1.82, 2.24) is 0 Å². The maximum absolute atomic E-state index is 0. The molecular weight excluding hydrogens is 88.4 g/mol. The summed E-state index contributed by atoms with van der Waals surface area (Å²) in [5, 5.41) is 0. The van der Waals surface area contributed by atoms with E-state index >= 15 is 0 Å². The molecule has 4 heavy (non-hydrogen) atoms. The maximum atomic E-state index is 0. The fourth-order valence-corrected chi connectivity index (χ4v) is 0. The summed E-state index contributed by atoms with van der Waals surface area (Å²) in [7, 11) is 0. The molecule has 0 aliphatic rings. The van der Waals surface area contributed by atoms with Crippen LogP contribution >= 0.6 is 0 Å². The topological polar surface area (TPSA) is 0 Å². The first-order valence-corrected chi connectivity index (χ1v) is 0. The zero-order chi connectivity index (χ0) is 0. The van der Waals surface area contributed by atoms with Crippen molar-refractivity contribution in [3.05, 3.63) is 0 Å². The molecule has 0 aromatic heterocycles. The van der Waals surface area contributed by atoms with Gasteiger partial charge in [-0.05, 0) is 0 Å². The SMILES string of the molecule is [Al].[Be+2].[H-].[H-].[H-].[H-].[Mg+2].[Si]. The Hall–Kier alpha value is 1.68. The van der Waals surface area contributed by atoms with Crippen molar-refractivity contribution in [2.24, 2.45) is 0 Å². The van der Waals surface area contributed by atoms with Crippen LogP contribution in [0.3, 0.4) is 0 Å². The molecule has 0 saturated carbocycles. The molecule has 15 valence electrons. The molecule has 0 amide bonds. The Bertz CT molecular complexity index is 16.0. The Labute approximate surface area is 67.2 Å². The summed E-state index contributed by atoms with van der Waals surface area (Å²) in [6, 6.07) is 0. The van der Waals surface area contributed by atoms with Crippen molar-refractivity contribution < 1.29 is 5.71 Å². The van der Waals surface area contributed by atoms with Crippen LogP contribution in [0.4, 0.5) is 0 Å². The van der Waals surface area contributed by atoms with E-state index in [0.717, 1.165) is 0 Å². The average Bonchev–Trinajstić information content (AvgIpc) is 0. The molecule has 0 unspecified atom stereocenters. The second-order valence-electron chi connectivity index (χ2n) is 0. The summed E-state index contributed by atoms with van der Waals surface area (Å²) >= 11 is 0. The normalized spacial score (nSPS) is 0. The van der Waals surface area contributed by atoms with Gasteiger partial charge in [0.25, 0.3) is 0 Å². The van der Waals surface area contributed by atoms with Crippen molar-refractivity contribution >= 4 is 61.5 Å². The molecule has 4 heteroatoms. The van der Waals surface area contributed by atoms with Crippen LogP contribution in [0.15, 0.2) is 0 Å². The van der Waals surface area contributed by atoms with Gasteiger partial charge in [-0.25, -0.2) is 0 Å². The number of rotatable bonds is 0.